The first kappa shape index (κ1) is 21.8. The lowest BCUT2D eigenvalue weighted by atomic mass is 10.2. The van der Waals surface area contributed by atoms with Gasteiger partial charge in [0.25, 0.3) is 0 Å². The van der Waals surface area contributed by atoms with Gasteiger partial charge in [0, 0.05) is 48.1 Å². The number of aryl methyl sites for hydroxylation is 1. The highest BCUT2D eigenvalue weighted by Gasteiger charge is 2.24. The maximum atomic E-state index is 12.4. The molecule has 1 N–H and O–H groups in total. The summed E-state index contributed by atoms with van der Waals surface area (Å²) < 4.78 is 10.7. The molecule has 3 aromatic rings. The third-order valence-corrected chi connectivity index (χ3v) is 5.44. The van der Waals surface area contributed by atoms with Crippen molar-refractivity contribution in [1.82, 2.24) is 10.1 Å². The lowest BCUT2D eigenvalue weighted by Gasteiger charge is -2.19. The van der Waals surface area contributed by atoms with Crippen LogP contribution in [-0.4, -0.2) is 35.6 Å². The van der Waals surface area contributed by atoms with Crippen LogP contribution in [0.2, 0.25) is 5.02 Å². The van der Waals surface area contributed by atoms with Crippen LogP contribution in [0.15, 0.2) is 47.0 Å². The van der Waals surface area contributed by atoms with Gasteiger partial charge in [-0.1, -0.05) is 16.8 Å². The van der Waals surface area contributed by atoms with Crippen LogP contribution in [-0.2, 0) is 16.0 Å². The first-order valence-corrected chi connectivity index (χ1v) is 10.8. The fraction of sp³-hybridized carbons (Fsp3) is 0.304. The van der Waals surface area contributed by atoms with Gasteiger partial charge in [-0.2, -0.15) is 4.98 Å². The number of methoxy groups -OCH3 is 1. The maximum Gasteiger partial charge on any atom is 0.227 e. The van der Waals surface area contributed by atoms with Gasteiger partial charge in [-0.15, -0.1) is 0 Å². The van der Waals surface area contributed by atoms with Gasteiger partial charge >= 0.3 is 0 Å². The number of amides is 2. The molecular weight excluding hydrogens is 432 g/mol. The number of hydrogen-bond donors (Lipinski definition) is 1. The third-order valence-electron chi connectivity index (χ3n) is 5.19. The molecule has 9 heteroatoms. The zero-order chi connectivity index (χ0) is 22.5. The Morgan fingerprint density at radius 2 is 2.06 bits per heavy atom. The molecule has 8 nitrogen and oxygen atoms in total. The van der Waals surface area contributed by atoms with E-state index in [4.69, 9.17) is 20.9 Å². The van der Waals surface area contributed by atoms with Gasteiger partial charge in [-0.25, -0.2) is 0 Å². The van der Waals surface area contributed by atoms with E-state index >= 15 is 0 Å². The first-order valence-electron chi connectivity index (χ1n) is 10.4. The van der Waals surface area contributed by atoms with E-state index in [9.17, 15) is 9.59 Å². The van der Waals surface area contributed by atoms with Gasteiger partial charge in [-0.3, -0.25) is 9.59 Å². The van der Waals surface area contributed by atoms with Crippen molar-refractivity contribution in [3.05, 3.63) is 53.4 Å². The molecule has 0 saturated carbocycles. The minimum absolute atomic E-state index is 0.0836. The second-order valence-corrected chi connectivity index (χ2v) is 7.89. The predicted molar refractivity (Wildman–Crippen MR) is 121 cm³/mol. The molecule has 1 saturated heterocycles. The molecule has 0 unspecified atom stereocenters. The van der Waals surface area contributed by atoms with Crippen LogP contribution >= 0.6 is 11.6 Å². The number of nitrogens with zero attached hydrogens (tertiary/aromatic N) is 3. The number of aromatic nitrogens is 2. The van der Waals surface area contributed by atoms with E-state index in [0.29, 0.717) is 60.4 Å². The standard InChI is InChI=1S/C23H23ClN4O4/c1-31-19-14-17(11-12-18(19)28-13-3-6-22(28)30)25-20(29)4-2-5-21-26-23(27-32-21)15-7-9-16(24)10-8-15/h7-12,14H,2-6,13H2,1H3,(H,25,29). The number of anilines is 2. The van der Waals surface area contributed by atoms with Crippen molar-refractivity contribution in [2.24, 2.45) is 0 Å². The Balaban J connectivity index is 1.30. The summed E-state index contributed by atoms with van der Waals surface area (Å²) >= 11 is 5.90. The first-order chi connectivity index (χ1) is 15.5. The summed E-state index contributed by atoms with van der Waals surface area (Å²) in [5, 5.41) is 7.48. The summed E-state index contributed by atoms with van der Waals surface area (Å²) in [6, 6.07) is 12.5. The SMILES string of the molecule is COc1cc(NC(=O)CCCc2nc(-c3ccc(Cl)cc3)no2)ccc1N1CCCC1=O. The number of nitrogens with one attached hydrogen (secondary N) is 1. The lowest BCUT2D eigenvalue weighted by Crippen LogP contribution is -2.24. The Kier molecular flexibility index (Phi) is 6.70. The molecule has 166 valence electrons. The number of halogens is 1. The van der Waals surface area contributed by atoms with E-state index in [1.807, 2.05) is 12.1 Å². The van der Waals surface area contributed by atoms with Crippen LogP contribution in [0.25, 0.3) is 11.4 Å². The largest absolute Gasteiger partial charge is 0.494 e. The molecule has 4 rings (SSSR count). The van der Waals surface area contributed by atoms with E-state index in [-0.39, 0.29) is 11.8 Å². The number of rotatable bonds is 8. The topological polar surface area (TPSA) is 97.6 Å². The molecule has 32 heavy (non-hydrogen) atoms. The summed E-state index contributed by atoms with van der Waals surface area (Å²) in [5.41, 5.74) is 2.15. The molecule has 0 spiro atoms. The van der Waals surface area contributed by atoms with E-state index < -0.39 is 0 Å². The normalized spacial score (nSPS) is 13.4. The van der Waals surface area contributed by atoms with Crippen LogP contribution in [0.4, 0.5) is 11.4 Å². The number of carbonyl (C=O) groups is 2. The van der Waals surface area contributed by atoms with E-state index in [1.54, 1.807) is 42.3 Å². The Bertz CT molecular complexity index is 1110. The number of benzene rings is 2. The minimum atomic E-state index is -0.130. The highest BCUT2D eigenvalue weighted by atomic mass is 35.5. The highest BCUT2D eigenvalue weighted by Crippen LogP contribution is 2.33. The lowest BCUT2D eigenvalue weighted by molar-refractivity contribution is -0.117. The molecule has 0 bridgehead atoms. The van der Waals surface area contributed by atoms with Crippen molar-refractivity contribution in [1.29, 1.82) is 0 Å². The number of ether oxygens (including phenoxy) is 1. The van der Waals surface area contributed by atoms with Crippen molar-refractivity contribution >= 4 is 34.8 Å². The Morgan fingerprint density at radius 3 is 2.78 bits per heavy atom. The molecule has 0 radical (unpaired) electrons. The van der Waals surface area contributed by atoms with E-state index in [1.165, 1.54) is 0 Å². The summed E-state index contributed by atoms with van der Waals surface area (Å²) in [5.74, 6) is 1.47. The van der Waals surface area contributed by atoms with Gasteiger partial charge in [0.05, 0.1) is 12.8 Å². The van der Waals surface area contributed by atoms with Crippen molar-refractivity contribution in [3.8, 4) is 17.1 Å². The highest BCUT2D eigenvalue weighted by molar-refractivity contribution is 6.30. The number of carbonyl (C=O) groups excluding carboxylic acids is 2. The van der Waals surface area contributed by atoms with Crippen LogP contribution in [0.3, 0.4) is 0 Å². The van der Waals surface area contributed by atoms with Crippen molar-refractivity contribution in [3.63, 3.8) is 0 Å². The average Bonchev–Trinajstić information content (AvgIpc) is 3.43. The molecule has 2 heterocycles. The minimum Gasteiger partial charge on any atom is -0.494 e. The van der Waals surface area contributed by atoms with Crippen molar-refractivity contribution in [2.75, 3.05) is 23.9 Å². The molecule has 1 aliphatic heterocycles. The summed E-state index contributed by atoms with van der Waals surface area (Å²) in [7, 11) is 1.55. The van der Waals surface area contributed by atoms with Gasteiger partial charge in [0.2, 0.25) is 23.5 Å². The maximum absolute atomic E-state index is 12.4. The smallest absolute Gasteiger partial charge is 0.227 e. The molecule has 2 aromatic carbocycles. The second kappa shape index (κ2) is 9.82. The molecule has 1 aliphatic rings. The summed E-state index contributed by atoms with van der Waals surface area (Å²) in [4.78, 5) is 30.5. The average molecular weight is 455 g/mol. The second-order valence-electron chi connectivity index (χ2n) is 7.46. The van der Waals surface area contributed by atoms with Crippen LogP contribution in [0, 0.1) is 0 Å². The molecule has 1 fully saturated rings. The van der Waals surface area contributed by atoms with Crippen LogP contribution < -0.4 is 15.0 Å². The summed E-state index contributed by atoms with van der Waals surface area (Å²) in [6.45, 7) is 0.677. The molecule has 0 atom stereocenters. The Labute approximate surface area is 190 Å². The zero-order valence-corrected chi connectivity index (χ0v) is 18.4. The van der Waals surface area contributed by atoms with Crippen LogP contribution in [0.5, 0.6) is 5.75 Å². The van der Waals surface area contributed by atoms with Gasteiger partial charge < -0.3 is 19.5 Å². The zero-order valence-electron chi connectivity index (χ0n) is 17.6. The van der Waals surface area contributed by atoms with E-state index in [2.05, 4.69) is 15.5 Å². The predicted octanol–water partition coefficient (Wildman–Crippen LogP) is 4.49. The molecule has 0 aliphatic carbocycles. The van der Waals surface area contributed by atoms with Gasteiger partial charge in [0.15, 0.2) is 0 Å². The fourth-order valence-corrected chi connectivity index (χ4v) is 3.70. The van der Waals surface area contributed by atoms with Crippen LogP contribution in [0.1, 0.15) is 31.6 Å². The monoisotopic (exact) mass is 454 g/mol. The quantitative estimate of drug-likeness (QED) is 0.538. The fourth-order valence-electron chi connectivity index (χ4n) is 3.58. The Morgan fingerprint density at radius 1 is 1.25 bits per heavy atom. The van der Waals surface area contributed by atoms with Gasteiger partial charge in [-0.05, 0) is 49.2 Å². The van der Waals surface area contributed by atoms with E-state index in [0.717, 1.165) is 17.7 Å². The molecule has 1 aromatic heterocycles. The number of hydrogen-bond acceptors (Lipinski definition) is 6. The molecular formula is C23H23ClN4O4. The van der Waals surface area contributed by atoms with Crippen molar-refractivity contribution in [2.45, 2.75) is 32.1 Å². The van der Waals surface area contributed by atoms with Crippen molar-refractivity contribution < 1.29 is 18.8 Å². The summed E-state index contributed by atoms with van der Waals surface area (Å²) in [6.07, 6.45) is 2.73. The Hall–Kier alpha value is -3.39. The molecule has 2 amide bonds. The third kappa shape index (κ3) is 5.08. The van der Waals surface area contributed by atoms with Gasteiger partial charge in [0.1, 0.15) is 5.75 Å².